The maximum atomic E-state index is 11.0. The van der Waals surface area contributed by atoms with E-state index in [1.165, 1.54) is 0 Å². The molecule has 1 aromatic rings. The first-order valence-corrected chi connectivity index (χ1v) is 6.63. The number of carbonyl (C=O) groups is 1. The first-order chi connectivity index (χ1) is 9.20. The van der Waals surface area contributed by atoms with Gasteiger partial charge in [0.05, 0.1) is 13.2 Å². The Labute approximate surface area is 113 Å². The quantitative estimate of drug-likeness (QED) is 0.849. The Hall–Kier alpha value is -1.75. The van der Waals surface area contributed by atoms with Gasteiger partial charge in [-0.25, -0.2) is 4.79 Å². The molecule has 1 atom stereocenters. The second kappa shape index (κ2) is 6.43. The van der Waals surface area contributed by atoms with Gasteiger partial charge < -0.3 is 20.1 Å². The molecule has 2 N–H and O–H groups in total. The zero-order valence-corrected chi connectivity index (χ0v) is 11.1. The minimum atomic E-state index is -0.820. The predicted molar refractivity (Wildman–Crippen MR) is 74.8 cm³/mol. The number of nitrogens with zero attached hydrogens (tertiary/aromatic N) is 1. The fraction of sp³-hybridized carbons (Fsp3) is 0.500. The highest BCUT2D eigenvalue weighted by Gasteiger charge is 2.15. The van der Waals surface area contributed by atoms with Gasteiger partial charge in [-0.05, 0) is 30.7 Å². The number of morpholine rings is 1. The highest BCUT2D eigenvalue weighted by Crippen LogP contribution is 2.19. The molecule has 0 bridgehead atoms. The summed E-state index contributed by atoms with van der Waals surface area (Å²) in [6, 6.07) is 7.35. The van der Waals surface area contributed by atoms with Crippen LogP contribution in [-0.2, 0) is 9.53 Å². The summed E-state index contributed by atoms with van der Waals surface area (Å²) in [6.07, 6.45) is 0.556. The van der Waals surface area contributed by atoms with Crippen LogP contribution in [0.4, 0.5) is 11.4 Å². The molecule has 1 saturated heterocycles. The molecule has 19 heavy (non-hydrogen) atoms. The van der Waals surface area contributed by atoms with E-state index in [0.29, 0.717) is 6.42 Å². The van der Waals surface area contributed by atoms with E-state index in [2.05, 4.69) is 10.2 Å². The SMILES string of the molecule is CCC(Nc1ccc(N2CCOCC2)cc1)C(=O)O. The minimum absolute atomic E-state index is 0.533. The number of anilines is 2. The Morgan fingerprint density at radius 1 is 1.37 bits per heavy atom. The third-order valence-corrected chi connectivity index (χ3v) is 3.29. The summed E-state index contributed by atoms with van der Waals surface area (Å²) in [6.45, 7) is 5.18. The normalized spacial score (nSPS) is 17.0. The van der Waals surface area contributed by atoms with Crippen LogP contribution in [0, 0.1) is 0 Å². The van der Waals surface area contributed by atoms with Crippen molar-refractivity contribution in [3.05, 3.63) is 24.3 Å². The summed E-state index contributed by atoms with van der Waals surface area (Å²) < 4.78 is 5.32. The lowest BCUT2D eigenvalue weighted by Gasteiger charge is -2.29. The Bertz CT molecular complexity index is 413. The van der Waals surface area contributed by atoms with Gasteiger partial charge in [-0.2, -0.15) is 0 Å². The molecular formula is C14H20N2O3. The van der Waals surface area contributed by atoms with E-state index < -0.39 is 12.0 Å². The highest BCUT2D eigenvalue weighted by atomic mass is 16.5. The van der Waals surface area contributed by atoms with Crippen LogP contribution in [0.1, 0.15) is 13.3 Å². The number of carboxylic acids is 1. The molecule has 1 unspecified atom stereocenters. The number of ether oxygens (including phenoxy) is 1. The zero-order valence-electron chi connectivity index (χ0n) is 11.1. The molecule has 1 aliphatic heterocycles. The average Bonchev–Trinajstić information content (AvgIpc) is 2.46. The van der Waals surface area contributed by atoms with Crippen molar-refractivity contribution >= 4 is 17.3 Å². The molecule has 104 valence electrons. The summed E-state index contributed by atoms with van der Waals surface area (Å²) in [5.41, 5.74) is 1.99. The molecule has 1 aliphatic rings. The number of hydrogen-bond acceptors (Lipinski definition) is 4. The van der Waals surface area contributed by atoms with Crippen molar-refractivity contribution in [3.8, 4) is 0 Å². The third-order valence-electron chi connectivity index (χ3n) is 3.29. The van der Waals surface area contributed by atoms with Crippen molar-refractivity contribution in [2.75, 3.05) is 36.5 Å². The van der Waals surface area contributed by atoms with Crippen molar-refractivity contribution in [2.45, 2.75) is 19.4 Å². The lowest BCUT2D eigenvalue weighted by atomic mass is 10.2. The van der Waals surface area contributed by atoms with Crippen LogP contribution in [-0.4, -0.2) is 43.4 Å². The molecule has 0 amide bonds. The molecular weight excluding hydrogens is 244 g/mol. The van der Waals surface area contributed by atoms with Crippen LogP contribution in [0.25, 0.3) is 0 Å². The Kier molecular flexibility index (Phi) is 4.63. The molecule has 1 heterocycles. The van der Waals surface area contributed by atoms with Crippen molar-refractivity contribution in [2.24, 2.45) is 0 Å². The maximum absolute atomic E-state index is 11.0. The van der Waals surface area contributed by atoms with Crippen molar-refractivity contribution in [1.29, 1.82) is 0 Å². The van der Waals surface area contributed by atoms with E-state index in [1.807, 2.05) is 31.2 Å². The van der Waals surface area contributed by atoms with Gasteiger partial charge in [0.1, 0.15) is 6.04 Å². The summed E-state index contributed by atoms with van der Waals surface area (Å²) in [5.74, 6) is -0.820. The molecule has 5 heteroatoms. The van der Waals surface area contributed by atoms with Crippen LogP contribution in [0.3, 0.4) is 0 Å². The number of aliphatic carboxylic acids is 1. The van der Waals surface area contributed by atoms with Gasteiger partial charge in [0.15, 0.2) is 0 Å². The summed E-state index contributed by atoms with van der Waals surface area (Å²) in [5, 5.41) is 12.0. The van der Waals surface area contributed by atoms with Crippen molar-refractivity contribution in [3.63, 3.8) is 0 Å². The molecule has 2 rings (SSSR count). The first-order valence-electron chi connectivity index (χ1n) is 6.63. The standard InChI is InChI=1S/C14H20N2O3/c1-2-13(14(17)18)15-11-3-5-12(6-4-11)16-7-9-19-10-8-16/h3-6,13,15H,2,7-10H2,1H3,(H,17,18). The van der Waals surface area contributed by atoms with E-state index in [1.54, 1.807) is 0 Å². The Morgan fingerprint density at radius 2 is 2.00 bits per heavy atom. The maximum Gasteiger partial charge on any atom is 0.326 e. The van der Waals surface area contributed by atoms with Gasteiger partial charge in [-0.1, -0.05) is 6.92 Å². The number of carboxylic acid groups (broad SMARTS) is 1. The zero-order chi connectivity index (χ0) is 13.7. The topological polar surface area (TPSA) is 61.8 Å². The van der Waals surface area contributed by atoms with Crippen molar-refractivity contribution in [1.82, 2.24) is 0 Å². The Balaban J connectivity index is 1.99. The van der Waals surface area contributed by atoms with Gasteiger partial charge in [-0.15, -0.1) is 0 Å². The van der Waals surface area contributed by atoms with Crippen LogP contribution in [0.15, 0.2) is 24.3 Å². The number of hydrogen-bond donors (Lipinski definition) is 2. The van der Waals surface area contributed by atoms with Gasteiger partial charge in [0.25, 0.3) is 0 Å². The first kappa shape index (κ1) is 13.7. The number of rotatable bonds is 5. The van der Waals surface area contributed by atoms with E-state index in [-0.39, 0.29) is 0 Å². The third kappa shape index (κ3) is 3.61. The fourth-order valence-corrected chi connectivity index (χ4v) is 2.13. The monoisotopic (exact) mass is 264 g/mol. The lowest BCUT2D eigenvalue weighted by molar-refractivity contribution is -0.137. The van der Waals surface area contributed by atoms with E-state index in [9.17, 15) is 4.79 Å². The molecule has 0 aliphatic carbocycles. The second-order valence-electron chi connectivity index (χ2n) is 4.59. The molecule has 5 nitrogen and oxygen atoms in total. The fourth-order valence-electron chi connectivity index (χ4n) is 2.13. The van der Waals surface area contributed by atoms with E-state index in [0.717, 1.165) is 37.7 Å². The molecule has 1 aromatic carbocycles. The smallest absolute Gasteiger partial charge is 0.326 e. The van der Waals surface area contributed by atoms with E-state index >= 15 is 0 Å². The average molecular weight is 264 g/mol. The predicted octanol–water partition coefficient (Wildman–Crippen LogP) is 1.80. The summed E-state index contributed by atoms with van der Waals surface area (Å²) >= 11 is 0. The number of nitrogens with one attached hydrogen (secondary N) is 1. The van der Waals surface area contributed by atoms with Gasteiger partial charge >= 0.3 is 5.97 Å². The molecule has 0 spiro atoms. The highest BCUT2D eigenvalue weighted by molar-refractivity contribution is 5.77. The minimum Gasteiger partial charge on any atom is -0.480 e. The van der Waals surface area contributed by atoms with Crippen LogP contribution in [0.2, 0.25) is 0 Å². The summed E-state index contributed by atoms with van der Waals surface area (Å²) in [7, 11) is 0. The molecule has 0 saturated carbocycles. The summed E-state index contributed by atoms with van der Waals surface area (Å²) in [4.78, 5) is 13.2. The number of benzene rings is 1. The molecule has 0 aromatic heterocycles. The Morgan fingerprint density at radius 3 is 2.53 bits per heavy atom. The van der Waals surface area contributed by atoms with Gasteiger partial charge in [-0.3, -0.25) is 0 Å². The largest absolute Gasteiger partial charge is 0.480 e. The van der Waals surface area contributed by atoms with Crippen LogP contribution < -0.4 is 10.2 Å². The molecule has 1 fully saturated rings. The van der Waals surface area contributed by atoms with Gasteiger partial charge in [0, 0.05) is 24.5 Å². The van der Waals surface area contributed by atoms with Gasteiger partial charge in [0.2, 0.25) is 0 Å². The lowest BCUT2D eigenvalue weighted by Crippen LogP contribution is -2.36. The second-order valence-corrected chi connectivity index (χ2v) is 4.59. The van der Waals surface area contributed by atoms with Crippen molar-refractivity contribution < 1.29 is 14.6 Å². The van der Waals surface area contributed by atoms with Crippen LogP contribution in [0.5, 0.6) is 0 Å². The molecule has 0 radical (unpaired) electrons. The van der Waals surface area contributed by atoms with Crippen LogP contribution >= 0.6 is 0 Å². The van der Waals surface area contributed by atoms with E-state index in [4.69, 9.17) is 9.84 Å².